The number of halogens is 1. The van der Waals surface area contributed by atoms with Crippen LogP contribution < -0.4 is 0 Å². The number of rotatable bonds is 4. The van der Waals surface area contributed by atoms with Crippen molar-refractivity contribution in [1.82, 2.24) is 15.0 Å². The molecule has 0 fully saturated rings. The fourth-order valence-electron chi connectivity index (χ4n) is 2.52. The third kappa shape index (κ3) is 4.42. The first kappa shape index (κ1) is 17.5. The van der Waals surface area contributed by atoms with Crippen LogP contribution in [0.2, 0.25) is 5.02 Å². The summed E-state index contributed by atoms with van der Waals surface area (Å²) in [5.41, 5.74) is 3.11. The van der Waals surface area contributed by atoms with Crippen molar-refractivity contribution in [2.45, 2.75) is 19.4 Å². The van der Waals surface area contributed by atoms with Gasteiger partial charge >= 0.3 is 0 Å². The molecule has 2 aromatic carbocycles. The molecule has 0 amide bonds. The van der Waals surface area contributed by atoms with E-state index >= 15 is 0 Å². The van der Waals surface area contributed by atoms with Crippen molar-refractivity contribution >= 4 is 11.6 Å². The highest BCUT2D eigenvalue weighted by Crippen LogP contribution is 2.21. The van der Waals surface area contributed by atoms with Gasteiger partial charge < -0.3 is 5.11 Å². The van der Waals surface area contributed by atoms with Crippen molar-refractivity contribution in [3.8, 4) is 23.7 Å². The van der Waals surface area contributed by atoms with E-state index in [9.17, 15) is 5.11 Å². The van der Waals surface area contributed by atoms with Gasteiger partial charge in [-0.25, -0.2) is 0 Å². The molecule has 26 heavy (non-hydrogen) atoms. The number of aromatic nitrogens is 3. The van der Waals surface area contributed by atoms with Gasteiger partial charge in [0.15, 0.2) is 0 Å². The van der Waals surface area contributed by atoms with Crippen LogP contribution in [0.15, 0.2) is 48.8 Å². The van der Waals surface area contributed by atoms with Crippen molar-refractivity contribution in [3.05, 3.63) is 76.1 Å². The van der Waals surface area contributed by atoms with Gasteiger partial charge in [-0.3, -0.25) is 4.68 Å². The van der Waals surface area contributed by atoms with E-state index in [1.54, 1.807) is 29.1 Å². The fraction of sp³-hybridized carbons (Fsp3) is 0.150. The first-order valence-electron chi connectivity index (χ1n) is 8.03. The SMILES string of the molecule is N#Cc1ccc(C#Cc2ccc(O)cc2Cl)c(CCCn2ccnn2)c1. The largest absolute Gasteiger partial charge is 0.508 e. The van der Waals surface area contributed by atoms with Gasteiger partial charge in [0.1, 0.15) is 5.75 Å². The van der Waals surface area contributed by atoms with Crippen LogP contribution in [0.1, 0.15) is 28.7 Å². The summed E-state index contributed by atoms with van der Waals surface area (Å²) >= 11 is 6.10. The average Bonchev–Trinajstić information content (AvgIpc) is 3.15. The van der Waals surface area contributed by atoms with E-state index in [4.69, 9.17) is 16.9 Å². The minimum atomic E-state index is 0.104. The zero-order chi connectivity index (χ0) is 18.4. The van der Waals surface area contributed by atoms with E-state index in [0.717, 1.165) is 30.5 Å². The summed E-state index contributed by atoms with van der Waals surface area (Å²) in [5.74, 6) is 6.26. The maximum absolute atomic E-state index is 9.43. The summed E-state index contributed by atoms with van der Waals surface area (Å²) in [6, 6.07) is 12.3. The highest BCUT2D eigenvalue weighted by Gasteiger charge is 2.04. The summed E-state index contributed by atoms with van der Waals surface area (Å²) in [5, 5.41) is 26.7. The van der Waals surface area contributed by atoms with Gasteiger partial charge in [-0.1, -0.05) is 28.7 Å². The van der Waals surface area contributed by atoms with E-state index in [1.807, 2.05) is 18.3 Å². The topological polar surface area (TPSA) is 74.7 Å². The lowest BCUT2D eigenvalue weighted by atomic mass is 10.00. The highest BCUT2D eigenvalue weighted by molar-refractivity contribution is 6.31. The molecule has 3 aromatic rings. The third-order valence-electron chi connectivity index (χ3n) is 3.82. The Balaban J connectivity index is 1.82. The van der Waals surface area contributed by atoms with Crippen LogP contribution in [0.25, 0.3) is 0 Å². The second-order valence-electron chi connectivity index (χ2n) is 5.67. The number of aromatic hydroxyl groups is 1. The molecule has 3 rings (SSSR count). The summed E-state index contributed by atoms with van der Waals surface area (Å²) in [6.45, 7) is 0.743. The van der Waals surface area contributed by atoms with Crippen LogP contribution >= 0.6 is 11.6 Å². The quantitative estimate of drug-likeness (QED) is 0.720. The van der Waals surface area contributed by atoms with Crippen LogP contribution in [0, 0.1) is 23.2 Å². The van der Waals surface area contributed by atoms with Crippen molar-refractivity contribution in [2.75, 3.05) is 0 Å². The number of phenols is 1. The molecule has 0 saturated heterocycles. The molecule has 0 bridgehead atoms. The smallest absolute Gasteiger partial charge is 0.117 e. The molecule has 0 aliphatic carbocycles. The summed E-state index contributed by atoms with van der Waals surface area (Å²) in [4.78, 5) is 0. The molecule has 0 spiro atoms. The van der Waals surface area contributed by atoms with Gasteiger partial charge in [-0.05, 0) is 54.8 Å². The predicted molar refractivity (Wildman–Crippen MR) is 98.6 cm³/mol. The van der Waals surface area contributed by atoms with E-state index in [-0.39, 0.29) is 5.75 Å². The van der Waals surface area contributed by atoms with Crippen molar-refractivity contribution < 1.29 is 5.11 Å². The lowest BCUT2D eigenvalue weighted by Crippen LogP contribution is -2.01. The van der Waals surface area contributed by atoms with Crippen LogP contribution in [0.5, 0.6) is 5.75 Å². The molecule has 0 atom stereocenters. The van der Waals surface area contributed by atoms with Crippen LogP contribution in [0.4, 0.5) is 0 Å². The number of benzene rings is 2. The van der Waals surface area contributed by atoms with E-state index in [1.165, 1.54) is 6.07 Å². The Morgan fingerprint density at radius 1 is 1.12 bits per heavy atom. The molecule has 1 aromatic heterocycles. The maximum Gasteiger partial charge on any atom is 0.117 e. The van der Waals surface area contributed by atoms with Crippen molar-refractivity contribution in [3.63, 3.8) is 0 Å². The molecule has 0 saturated carbocycles. The Morgan fingerprint density at radius 2 is 1.92 bits per heavy atom. The molecule has 1 N–H and O–H groups in total. The Hall–Kier alpha value is -3.28. The standard InChI is InChI=1S/C20H15ClN4O/c21-20-13-19(26)8-7-17(20)6-5-16-4-3-15(14-22)12-18(16)2-1-10-25-11-9-23-24-25/h3-4,7-9,11-13,26H,1-2,10H2. The van der Waals surface area contributed by atoms with Crippen LogP contribution in [0.3, 0.4) is 0 Å². The lowest BCUT2D eigenvalue weighted by molar-refractivity contribution is 0.475. The lowest BCUT2D eigenvalue weighted by Gasteiger charge is -2.06. The number of hydrogen-bond donors (Lipinski definition) is 1. The Bertz CT molecular complexity index is 1010. The first-order chi connectivity index (χ1) is 12.7. The molecule has 128 valence electrons. The number of nitriles is 1. The maximum atomic E-state index is 9.43. The van der Waals surface area contributed by atoms with Gasteiger partial charge in [0.05, 0.1) is 22.9 Å². The molecule has 0 aliphatic rings. The fourth-order valence-corrected chi connectivity index (χ4v) is 2.74. The zero-order valence-corrected chi connectivity index (χ0v) is 14.6. The highest BCUT2D eigenvalue weighted by atomic mass is 35.5. The molecule has 0 aliphatic heterocycles. The number of phenolic OH excluding ortho intramolecular Hbond substituents is 1. The third-order valence-corrected chi connectivity index (χ3v) is 4.14. The second kappa shape index (κ2) is 8.20. The van der Waals surface area contributed by atoms with Gasteiger partial charge in [0.2, 0.25) is 0 Å². The van der Waals surface area contributed by atoms with Crippen molar-refractivity contribution in [1.29, 1.82) is 5.26 Å². The summed E-state index contributed by atoms with van der Waals surface area (Å²) in [7, 11) is 0. The predicted octanol–water partition coefficient (Wildman–Crippen LogP) is 3.54. The Labute approximate surface area is 156 Å². The molecule has 0 unspecified atom stereocenters. The molecule has 0 radical (unpaired) electrons. The Kier molecular flexibility index (Phi) is 5.53. The zero-order valence-electron chi connectivity index (χ0n) is 13.9. The number of hydrogen-bond acceptors (Lipinski definition) is 4. The summed E-state index contributed by atoms with van der Waals surface area (Å²) in [6.07, 6.45) is 5.09. The molecule has 1 heterocycles. The van der Waals surface area contributed by atoms with E-state index < -0.39 is 0 Å². The average molecular weight is 363 g/mol. The molecular weight excluding hydrogens is 348 g/mol. The molecule has 5 nitrogen and oxygen atoms in total. The molecule has 6 heteroatoms. The summed E-state index contributed by atoms with van der Waals surface area (Å²) < 4.78 is 1.77. The van der Waals surface area contributed by atoms with Gasteiger partial charge in [-0.15, -0.1) is 5.10 Å². The Morgan fingerprint density at radius 3 is 2.65 bits per heavy atom. The van der Waals surface area contributed by atoms with Gasteiger partial charge in [0.25, 0.3) is 0 Å². The minimum Gasteiger partial charge on any atom is -0.508 e. The monoisotopic (exact) mass is 362 g/mol. The number of aryl methyl sites for hydroxylation is 2. The minimum absolute atomic E-state index is 0.104. The van der Waals surface area contributed by atoms with E-state index in [0.29, 0.717) is 16.1 Å². The van der Waals surface area contributed by atoms with Gasteiger partial charge in [-0.2, -0.15) is 5.26 Å². The van der Waals surface area contributed by atoms with Crippen LogP contribution in [-0.4, -0.2) is 20.1 Å². The van der Waals surface area contributed by atoms with Crippen molar-refractivity contribution in [2.24, 2.45) is 0 Å². The molecular formula is C20H15ClN4O. The van der Waals surface area contributed by atoms with E-state index in [2.05, 4.69) is 28.2 Å². The first-order valence-corrected chi connectivity index (χ1v) is 8.41. The van der Waals surface area contributed by atoms with Crippen LogP contribution in [-0.2, 0) is 13.0 Å². The number of nitrogens with zero attached hydrogens (tertiary/aromatic N) is 4. The normalized spacial score (nSPS) is 10.0. The second-order valence-corrected chi connectivity index (χ2v) is 6.07. The van der Waals surface area contributed by atoms with Gasteiger partial charge in [0, 0.05) is 23.9 Å².